The van der Waals surface area contributed by atoms with Crippen molar-refractivity contribution in [2.24, 2.45) is 52.3 Å². The summed E-state index contributed by atoms with van der Waals surface area (Å²) in [5.74, 6) is 6.91. The van der Waals surface area contributed by atoms with Crippen LogP contribution in [0, 0.1) is 52.3 Å². The highest BCUT2D eigenvalue weighted by Crippen LogP contribution is 2.68. The van der Waals surface area contributed by atoms with Gasteiger partial charge in [0.1, 0.15) is 5.75 Å². The molecule has 0 saturated heterocycles. The molecular weight excluding hydrogens is 580 g/mol. The summed E-state index contributed by atoms with van der Waals surface area (Å²) in [5, 5.41) is 0. The Labute approximate surface area is 284 Å². The van der Waals surface area contributed by atoms with E-state index in [9.17, 15) is 4.79 Å². The summed E-state index contributed by atoms with van der Waals surface area (Å²) >= 11 is 0. The Morgan fingerprint density at radius 3 is 2.38 bits per heavy atom. The number of carbonyl (C=O) groups is 1. The predicted molar refractivity (Wildman–Crippen MR) is 194 cm³/mol. The predicted octanol–water partition coefficient (Wildman–Crippen LogP) is 10.3. The second-order valence-electron chi connectivity index (χ2n) is 16.8. The van der Waals surface area contributed by atoms with Gasteiger partial charge in [-0.05, 0) is 152 Å². The largest absolute Gasteiger partial charge is 0.490 e. The van der Waals surface area contributed by atoms with Gasteiger partial charge in [0.2, 0.25) is 0 Å². The van der Waals surface area contributed by atoms with Gasteiger partial charge in [-0.25, -0.2) is 4.79 Å². The molecule has 0 bridgehead atoms. The van der Waals surface area contributed by atoms with Crippen molar-refractivity contribution in [3.63, 3.8) is 0 Å². The quantitative estimate of drug-likeness (QED) is 0.117. The molecule has 0 heterocycles. The van der Waals surface area contributed by atoms with Crippen LogP contribution in [-0.4, -0.2) is 12.1 Å². The second-order valence-corrected chi connectivity index (χ2v) is 16.8. The van der Waals surface area contributed by atoms with E-state index in [1.54, 1.807) is 24.3 Å². The van der Waals surface area contributed by atoms with E-state index in [4.69, 9.17) is 20.9 Å². The average molecular weight is 641 g/mol. The zero-order valence-electron chi connectivity index (χ0n) is 29.7. The van der Waals surface area contributed by atoms with Crippen molar-refractivity contribution in [3.8, 4) is 11.5 Å². The Balaban J connectivity index is 1.01. The zero-order chi connectivity index (χ0) is 33.3. The highest BCUT2D eigenvalue weighted by molar-refractivity contribution is 5.89. The Hall–Kier alpha value is -2.95. The number of ether oxygens (including phenoxy) is 2. The average Bonchev–Trinajstić information content (AvgIpc) is 3.39. The molecule has 0 aromatic heterocycles. The zero-order valence-corrected chi connectivity index (χ0v) is 29.7. The third-order valence-electron chi connectivity index (χ3n) is 13.7. The van der Waals surface area contributed by atoms with Gasteiger partial charge < -0.3 is 20.9 Å². The summed E-state index contributed by atoms with van der Waals surface area (Å²) < 4.78 is 12.0. The fourth-order valence-electron chi connectivity index (χ4n) is 11.2. The van der Waals surface area contributed by atoms with Gasteiger partial charge in [-0.3, -0.25) is 0 Å². The van der Waals surface area contributed by atoms with E-state index in [0.717, 1.165) is 59.2 Å². The lowest BCUT2D eigenvalue weighted by atomic mass is 9.44. The smallest absolute Gasteiger partial charge is 0.336 e. The number of esters is 1. The molecule has 0 spiro atoms. The minimum absolute atomic E-state index is 0.280. The second kappa shape index (κ2) is 13.9. The molecule has 47 heavy (non-hydrogen) atoms. The van der Waals surface area contributed by atoms with Gasteiger partial charge >= 0.3 is 5.97 Å². The maximum Gasteiger partial charge on any atom is 0.336 e. The van der Waals surface area contributed by atoms with Crippen molar-refractivity contribution in [2.45, 2.75) is 118 Å². The number of nitrogen functional groups attached to an aromatic ring is 2. The lowest BCUT2D eigenvalue weighted by Gasteiger charge is -2.61. The van der Waals surface area contributed by atoms with E-state index in [1.807, 2.05) is 24.3 Å². The first-order valence-corrected chi connectivity index (χ1v) is 18.8. The molecule has 4 saturated carbocycles. The molecule has 256 valence electrons. The summed E-state index contributed by atoms with van der Waals surface area (Å²) in [5.41, 5.74) is 14.4. The van der Waals surface area contributed by atoms with Crippen molar-refractivity contribution in [1.29, 1.82) is 0 Å². The maximum atomic E-state index is 12.3. The fourth-order valence-corrected chi connectivity index (χ4v) is 11.2. The topological polar surface area (TPSA) is 87.6 Å². The maximum absolute atomic E-state index is 12.3. The van der Waals surface area contributed by atoms with Gasteiger partial charge in [-0.15, -0.1) is 0 Å². The number of nitrogens with two attached hydrogens (primary N) is 2. The van der Waals surface area contributed by atoms with Crippen LogP contribution in [0.5, 0.6) is 11.5 Å². The summed E-state index contributed by atoms with van der Waals surface area (Å²) in [6.45, 7) is 12.7. The van der Waals surface area contributed by atoms with Crippen LogP contribution in [0.15, 0.2) is 48.5 Å². The number of hydrogen-bond acceptors (Lipinski definition) is 5. The van der Waals surface area contributed by atoms with Crippen LogP contribution in [-0.2, 0) is 4.79 Å². The normalized spacial score (nSPS) is 34.0. The number of hydrogen-bond donors (Lipinski definition) is 2. The van der Waals surface area contributed by atoms with E-state index in [0.29, 0.717) is 28.0 Å². The van der Waals surface area contributed by atoms with Crippen molar-refractivity contribution >= 4 is 23.4 Å². The number of anilines is 2. The van der Waals surface area contributed by atoms with Crippen LogP contribution in [0.4, 0.5) is 11.4 Å². The molecule has 0 amide bonds. The Bertz CT molecular complexity index is 1420. The summed E-state index contributed by atoms with van der Waals surface area (Å²) in [4.78, 5) is 12.3. The first-order valence-electron chi connectivity index (χ1n) is 18.8. The summed E-state index contributed by atoms with van der Waals surface area (Å²) in [6, 6.07) is 12.9. The molecule has 9 atom stereocenters. The Morgan fingerprint density at radius 2 is 1.64 bits per heavy atom. The van der Waals surface area contributed by atoms with Crippen LogP contribution >= 0.6 is 0 Å². The molecule has 4 N–H and O–H groups in total. The molecule has 0 aliphatic heterocycles. The number of rotatable bonds is 10. The molecule has 4 aliphatic rings. The van der Waals surface area contributed by atoms with Gasteiger partial charge in [0, 0.05) is 11.8 Å². The highest BCUT2D eigenvalue weighted by Gasteiger charge is 2.60. The van der Waals surface area contributed by atoms with Crippen molar-refractivity contribution in [1.82, 2.24) is 0 Å². The van der Waals surface area contributed by atoms with Crippen molar-refractivity contribution in [3.05, 3.63) is 54.1 Å². The third kappa shape index (κ3) is 7.10. The summed E-state index contributed by atoms with van der Waals surface area (Å²) in [6.07, 6.45) is 19.9. The lowest BCUT2D eigenvalue weighted by Crippen LogP contribution is -2.54. The van der Waals surface area contributed by atoms with E-state index >= 15 is 0 Å². The molecule has 2 aromatic carbocycles. The number of fused-ring (bicyclic) bond motifs is 5. The van der Waals surface area contributed by atoms with Crippen LogP contribution in [0.2, 0.25) is 0 Å². The minimum atomic E-state index is -0.483. The van der Waals surface area contributed by atoms with Gasteiger partial charge in [-0.1, -0.05) is 66.0 Å². The van der Waals surface area contributed by atoms with Crippen molar-refractivity contribution < 1.29 is 14.3 Å². The number of benzene rings is 2. The Kier molecular flexibility index (Phi) is 10.0. The molecule has 4 fully saturated rings. The van der Waals surface area contributed by atoms with Gasteiger partial charge in [0.15, 0.2) is 5.75 Å². The van der Waals surface area contributed by atoms with Gasteiger partial charge in [0.25, 0.3) is 0 Å². The SMILES string of the molecule is CC(C)CCC[C@@H](C)[C@H]1CC[C@H]2[C@@H]3CCC4CC(Oc5ccc(C=CC(=O)Oc6ccc(N)cc6N)cc5)CC[C@]4(C)[C@H]3CC[C@]12C. The highest BCUT2D eigenvalue weighted by atomic mass is 16.5. The minimum Gasteiger partial charge on any atom is -0.490 e. The van der Waals surface area contributed by atoms with E-state index in [-0.39, 0.29) is 6.10 Å². The molecule has 6 rings (SSSR count). The molecule has 0 radical (unpaired) electrons. The first kappa shape index (κ1) is 33.9. The van der Waals surface area contributed by atoms with Crippen LogP contribution < -0.4 is 20.9 Å². The Morgan fingerprint density at radius 1 is 0.894 bits per heavy atom. The molecule has 4 aliphatic carbocycles. The fraction of sp³-hybridized carbons (Fsp3) is 0.643. The van der Waals surface area contributed by atoms with Crippen molar-refractivity contribution in [2.75, 3.05) is 11.5 Å². The standard InChI is InChI=1S/C42H60N2O3/c1-27(2)7-6-8-28(3)35-17-18-36-34-16-12-30-25-33(21-23-41(30,4)37(34)22-24-42(35,36)5)46-32-14-9-29(10-15-32)11-20-40(45)47-39-19-13-31(43)26-38(39)44/h9-11,13-15,19-20,26-28,30,33-37H,6-8,12,16-18,21-25,43-44H2,1-5H3/t28-,30?,33?,34+,35-,36+,37+,41+,42-/m1/s1. The molecule has 5 nitrogen and oxygen atoms in total. The molecule has 5 heteroatoms. The number of carbonyl (C=O) groups excluding carboxylic acids is 1. The molecular formula is C42H60N2O3. The van der Waals surface area contributed by atoms with E-state index in [1.165, 1.54) is 76.7 Å². The third-order valence-corrected chi connectivity index (χ3v) is 13.7. The van der Waals surface area contributed by atoms with Crippen LogP contribution in [0.3, 0.4) is 0 Å². The van der Waals surface area contributed by atoms with Gasteiger partial charge in [-0.2, -0.15) is 0 Å². The molecule has 2 aromatic rings. The van der Waals surface area contributed by atoms with Crippen LogP contribution in [0.25, 0.3) is 6.08 Å². The molecule has 2 unspecified atom stereocenters. The van der Waals surface area contributed by atoms with Crippen LogP contribution in [0.1, 0.15) is 117 Å². The first-order chi connectivity index (χ1) is 22.5. The van der Waals surface area contributed by atoms with E-state index in [2.05, 4.69) is 34.6 Å². The monoisotopic (exact) mass is 640 g/mol. The van der Waals surface area contributed by atoms with Gasteiger partial charge in [0.05, 0.1) is 11.8 Å². The lowest BCUT2D eigenvalue weighted by molar-refractivity contribution is -0.128. The summed E-state index contributed by atoms with van der Waals surface area (Å²) in [7, 11) is 0. The van der Waals surface area contributed by atoms with E-state index < -0.39 is 5.97 Å².